The molecule has 0 saturated carbocycles. The van der Waals surface area contributed by atoms with Gasteiger partial charge in [0, 0.05) is 4.47 Å². The van der Waals surface area contributed by atoms with Crippen LogP contribution in [0.2, 0.25) is 0 Å². The van der Waals surface area contributed by atoms with Gasteiger partial charge in [0.15, 0.2) is 12.4 Å². The molecule has 2 nitrogen and oxygen atoms in total. The molecule has 0 saturated heterocycles. The monoisotopic (exact) mass is 328 g/mol. The molecule has 0 spiro atoms. The molecule has 0 aliphatic carbocycles. The van der Waals surface area contributed by atoms with E-state index in [1.54, 1.807) is 0 Å². The van der Waals surface area contributed by atoms with Crippen LogP contribution in [0, 0.1) is 0 Å². The third-order valence-electron chi connectivity index (χ3n) is 2.06. The summed E-state index contributed by atoms with van der Waals surface area (Å²) in [6.45, 7) is -0.261. The summed E-state index contributed by atoms with van der Waals surface area (Å²) in [4.78, 5) is 11.2. The number of carbonyl (C=O) groups is 1. The molecule has 7 heteroatoms. The summed E-state index contributed by atoms with van der Waals surface area (Å²) < 4.78 is 54.4. The van der Waals surface area contributed by atoms with E-state index in [0.717, 1.165) is 0 Å². The highest BCUT2D eigenvalue weighted by Crippen LogP contribution is 2.28. The van der Waals surface area contributed by atoms with Gasteiger partial charge in [0.05, 0.1) is 5.56 Å². The normalized spacial score (nSPS) is 11.7. The molecule has 0 aliphatic rings. The van der Waals surface area contributed by atoms with Gasteiger partial charge in [0.2, 0.25) is 0 Å². The fourth-order valence-corrected chi connectivity index (χ4v) is 1.48. The number of ether oxygens (including phenoxy) is 1. The smallest absolute Gasteiger partial charge is 0.340 e. The van der Waals surface area contributed by atoms with E-state index in [1.165, 1.54) is 25.1 Å². The Morgan fingerprint density at radius 2 is 2.06 bits per heavy atom. The first kappa shape index (κ1) is 14.9. The van der Waals surface area contributed by atoms with Gasteiger partial charge in [-0.25, -0.2) is 8.78 Å². The van der Waals surface area contributed by atoms with Crippen molar-refractivity contribution in [2.45, 2.75) is 19.3 Å². The summed E-state index contributed by atoms with van der Waals surface area (Å²) in [7, 11) is 0. The van der Waals surface area contributed by atoms with Crippen molar-refractivity contribution in [2.75, 3.05) is 6.61 Å². The van der Waals surface area contributed by atoms with Crippen LogP contribution in [0.15, 0.2) is 22.7 Å². The summed E-state index contributed by atoms with van der Waals surface area (Å²) in [5.41, 5.74) is 0.0586. The van der Waals surface area contributed by atoms with Crippen molar-refractivity contribution in [3.63, 3.8) is 0 Å². The van der Waals surface area contributed by atoms with Crippen LogP contribution in [0.4, 0.5) is 17.6 Å². The minimum absolute atomic E-state index is 0.0586. The zero-order valence-corrected chi connectivity index (χ0v) is 10.8. The molecule has 0 unspecified atom stereocenters. The Kier molecular flexibility index (Phi) is 4.72. The van der Waals surface area contributed by atoms with Crippen LogP contribution in [0.1, 0.15) is 17.3 Å². The minimum atomic E-state index is -4.25. The molecule has 0 heterocycles. The number of halogens is 5. The summed E-state index contributed by atoms with van der Waals surface area (Å²) in [6.07, 6.45) is -3.81. The van der Waals surface area contributed by atoms with E-state index in [9.17, 15) is 22.4 Å². The summed E-state index contributed by atoms with van der Waals surface area (Å²) in [5.74, 6) is -4.81. The first-order valence-electron chi connectivity index (χ1n) is 4.83. The molecule has 0 N–H and O–H groups in total. The molecule has 0 radical (unpaired) electrons. The molecule has 0 aromatic heterocycles. The topological polar surface area (TPSA) is 26.3 Å². The fraction of sp³-hybridized carbons (Fsp3) is 0.364. The van der Waals surface area contributed by atoms with Gasteiger partial charge in [-0.15, -0.1) is 0 Å². The fourth-order valence-electron chi connectivity index (χ4n) is 1.14. The van der Waals surface area contributed by atoms with Gasteiger partial charge in [-0.2, -0.15) is 8.78 Å². The van der Waals surface area contributed by atoms with Crippen LogP contribution in [0.25, 0.3) is 0 Å². The molecule has 100 valence electrons. The van der Waals surface area contributed by atoms with Crippen molar-refractivity contribution in [3.8, 4) is 5.75 Å². The summed E-state index contributed by atoms with van der Waals surface area (Å²) >= 11 is 3.07. The second-order valence-corrected chi connectivity index (χ2v) is 4.46. The Hall–Kier alpha value is -1.11. The largest absolute Gasteiger partial charge is 0.486 e. The average Bonchev–Trinajstić information content (AvgIpc) is 2.26. The van der Waals surface area contributed by atoms with Crippen LogP contribution in [0.3, 0.4) is 0 Å². The van der Waals surface area contributed by atoms with E-state index >= 15 is 0 Å². The molecule has 1 rings (SSSR count). The lowest BCUT2D eigenvalue weighted by atomic mass is 10.1. The molecular formula is C11H9BrF4O2. The lowest BCUT2D eigenvalue weighted by Gasteiger charge is -2.17. The molecule has 0 fully saturated rings. The molecule has 0 atom stereocenters. The number of carbonyl (C=O) groups excluding carboxylic acids is 1. The Morgan fingerprint density at radius 3 is 2.56 bits per heavy atom. The molecule has 1 aromatic rings. The number of ketones is 1. The van der Waals surface area contributed by atoms with Crippen LogP contribution >= 0.6 is 15.9 Å². The summed E-state index contributed by atoms with van der Waals surface area (Å²) in [5, 5.41) is 0. The van der Waals surface area contributed by atoms with Gasteiger partial charge in [-0.05, 0) is 25.1 Å². The average molecular weight is 329 g/mol. The van der Waals surface area contributed by atoms with E-state index in [2.05, 4.69) is 20.7 Å². The van der Waals surface area contributed by atoms with Crippen LogP contribution < -0.4 is 4.74 Å². The lowest BCUT2D eigenvalue weighted by Crippen LogP contribution is -2.34. The molecular weight excluding hydrogens is 320 g/mol. The zero-order chi connectivity index (χ0) is 13.9. The van der Waals surface area contributed by atoms with Gasteiger partial charge in [0.25, 0.3) is 0 Å². The second kappa shape index (κ2) is 5.69. The van der Waals surface area contributed by atoms with E-state index in [0.29, 0.717) is 4.47 Å². The molecule has 0 aliphatic heterocycles. The number of Topliss-reactive ketones (excluding diaryl/α,β-unsaturated/α-hetero) is 1. The van der Waals surface area contributed by atoms with Crippen molar-refractivity contribution in [1.29, 1.82) is 0 Å². The Bertz CT molecular complexity index is 449. The van der Waals surface area contributed by atoms with Crippen molar-refractivity contribution in [3.05, 3.63) is 28.2 Å². The van der Waals surface area contributed by atoms with E-state index in [-0.39, 0.29) is 11.3 Å². The summed E-state index contributed by atoms with van der Waals surface area (Å²) in [6, 6.07) is 4.16. The van der Waals surface area contributed by atoms with Gasteiger partial charge >= 0.3 is 12.3 Å². The zero-order valence-electron chi connectivity index (χ0n) is 9.22. The van der Waals surface area contributed by atoms with E-state index in [1.807, 2.05) is 0 Å². The Balaban J connectivity index is 2.90. The number of alkyl halides is 4. The molecule has 18 heavy (non-hydrogen) atoms. The SMILES string of the molecule is CC(=O)c1ccc(Br)cc1OCC(F)(F)C(F)F. The standard InChI is InChI=1S/C11H9BrF4O2/c1-6(17)8-3-2-7(12)4-9(8)18-5-11(15,16)10(13)14/h2-4,10H,5H2,1H3. The predicted molar refractivity (Wildman–Crippen MR) is 60.6 cm³/mol. The van der Waals surface area contributed by atoms with Crippen LogP contribution in [-0.4, -0.2) is 24.7 Å². The van der Waals surface area contributed by atoms with Gasteiger partial charge < -0.3 is 4.74 Å². The minimum Gasteiger partial charge on any atom is -0.486 e. The maximum Gasteiger partial charge on any atom is 0.340 e. The molecule has 1 aromatic carbocycles. The van der Waals surface area contributed by atoms with Gasteiger partial charge in [-0.1, -0.05) is 15.9 Å². The van der Waals surface area contributed by atoms with Crippen molar-refractivity contribution < 1.29 is 27.1 Å². The highest BCUT2D eigenvalue weighted by molar-refractivity contribution is 9.10. The Morgan fingerprint density at radius 1 is 1.44 bits per heavy atom. The van der Waals surface area contributed by atoms with Crippen LogP contribution in [-0.2, 0) is 0 Å². The molecule has 0 bridgehead atoms. The van der Waals surface area contributed by atoms with Crippen molar-refractivity contribution in [1.82, 2.24) is 0 Å². The Labute approximate surface area is 109 Å². The number of benzene rings is 1. The van der Waals surface area contributed by atoms with Crippen molar-refractivity contribution >= 4 is 21.7 Å². The number of rotatable bonds is 5. The van der Waals surface area contributed by atoms with E-state index in [4.69, 9.17) is 0 Å². The third-order valence-corrected chi connectivity index (χ3v) is 2.56. The highest BCUT2D eigenvalue weighted by Gasteiger charge is 2.41. The maximum atomic E-state index is 12.7. The number of hydrogen-bond donors (Lipinski definition) is 0. The van der Waals surface area contributed by atoms with E-state index < -0.39 is 24.7 Å². The highest BCUT2D eigenvalue weighted by atomic mass is 79.9. The second-order valence-electron chi connectivity index (χ2n) is 3.55. The maximum absolute atomic E-state index is 12.7. The first-order chi connectivity index (χ1) is 8.24. The molecule has 0 amide bonds. The lowest BCUT2D eigenvalue weighted by molar-refractivity contribution is -0.148. The predicted octanol–water partition coefficient (Wildman–Crippen LogP) is 3.93. The first-order valence-corrected chi connectivity index (χ1v) is 5.62. The number of hydrogen-bond acceptors (Lipinski definition) is 2. The van der Waals surface area contributed by atoms with Gasteiger partial charge in [-0.3, -0.25) is 4.79 Å². The third kappa shape index (κ3) is 3.69. The van der Waals surface area contributed by atoms with Gasteiger partial charge in [0.1, 0.15) is 5.75 Å². The van der Waals surface area contributed by atoms with Crippen LogP contribution in [0.5, 0.6) is 5.75 Å². The van der Waals surface area contributed by atoms with Crippen molar-refractivity contribution in [2.24, 2.45) is 0 Å². The quantitative estimate of drug-likeness (QED) is 0.604.